The molecule has 1 N–H and O–H groups in total. The predicted molar refractivity (Wildman–Crippen MR) is 71.3 cm³/mol. The summed E-state index contributed by atoms with van der Waals surface area (Å²) in [5, 5.41) is 3.39. The minimum absolute atomic E-state index is 0.363. The Labute approximate surface area is 106 Å². The fraction of sp³-hybridized carbons (Fsp3) is 1.00. The van der Waals surface area contributed by atoms with Gasteiger partial charge in [0, 0.05) is 12.6 Å². The lowest BCUT2D eigenvalue weighted by Gasteiger charge is -2.37. The van der Waals surface area contributed by atoms with Gasteiger partial charge in [-0.1, -0.05) is 13.8 Å². The van der Waals surface area contributed by atoms with Gasteiger partial charge in [0.05, 0.1) is 19.3 Å². The largest absolute Gasteiger partial charge is 0.379 e. The highest BCUT2D eigenvalue weighted by molar-refractivity contribution is 4.86. The van der Waals surface area contributed by atoms with Crippen molar-refractivity contribution in [1.29, 1.82) is 0 Å². The smallest absolute Gasteiger partial charge is 0.0731 e. The molecule has 0 spiro atoms. The summed E-state index contributed by atoms with van der Waals surface area (Å²) >= 11 is 0. The summed E-state index contributed by atoms with van der Waals surface area (Å²) in [6, 6.07) is 0.520. The number of likely N-dealkylation sites (N-methyl/N-ethyl adjacent to an activating group) is 1. The molecule has 0 aromatic rings. The molecular formula is C14H29NO2. The molecule has 0 amide bonds. The predicted octanol–water partition coefficient (Wildman–Crippen LogP) is 2.45. The Morgan fingerprint density at radius 3 is 2.59 bits per heavy atom. The Morgan fingerprint density at radius 2 is 2.00 bits per heavy atom. The van der Waals surface area contributed by atoms with Crippen LogP contribution in [0.3, 0.4) is 0 Å². The van der Waals surface area contributed by atoms with E-state index in [0.29, 0.717) is 12.1 Å². The van der Waals surface area contributed by atoms with Gasteiger partial charge in [-0.2, -0.15) is 0 Å². The van der Waals surface area contributed by atoms with Crippen LogP contribution in [0.15, 0.2) is 0 Å². The molecule has 3 atom stereocenters. The van der Waals surface area contributed by atoms with E-state index in [0.717, 1.165) is 31.7 Å². The number of hydrogen-bond donors (Lipinski definition) is 1. The van der Waals surface area contributed by atoms with Crippen LogP contribution in [0.2, 0.25) is 0 Å². The molecule has 1 fully saturated rings. The van der Waals surface area contributed by atoms with Gasteiger partial charge in [-0.05, 0) is 45.1 Å². The molecule has 1 rings (SSSR count). The van der Waals surface area contributed by atoms with Crippen LogP contribution in [0, 0.1) is 11.8 Å². The van der Waals surface area contributed by atoms with E-state index in [1.165, 1.54) is 19.3 Å². The van der Waals surface area contributed by atoms with Crippen LogP contribution in [-0.2, 0) is 9.47 Å². The molecule has 3 nitrogen and oxygen atoms in total. The maximum Gasteiger partial charge on any atom is 0.0731 e. The molecule has 0 aromatic heterocycles. The maximum absolute atomic E-state index is 5.98. The van der Waals surface area contributed by atoms with Gasteiger partial charge in [-0.15, -0.1) is 0 Å². The number of rotatable bonds is 7. The van der Waals surface area contributed by atoms with Gasteiger partial charge in [-0.25, -0.2) is 0 Å². The van der Waals surface area contributed by atoms with E-state index in [4.69, 9.17) is 9.47 Å². The van der Waals surface area contributed by atoms with E-state index < -0.39 is 0 Å². The summed E-state index contributed by atoms with van der Waals surface area (Å²) in [6.07, 6.45) is 4.12. The number of nitrogens with one attached hydrogen (secondary N) is 1. The molecule has 102 valence electrons. The first-order chi connectivity index (χ1) is 8.19. The van der Waals surface area contributed by atoms with Crippen LogP contribution in [0.5, 0.6) is 0 Å². The van der Waals surface area contributed by atoms with Gasteiger partial charge >= 0.3 is 0 Å². The highest BCUT2D eigenvalue weighted by Gasteiger charge is 2.31. The van der Waals surface area contributed by atoms with Crippen molar-refractivity contribution in [1.82, 2.24) is 5.32 Å². The zero-order chi connectivity index (χ0) is 12.7. The van der Waals surface area contributed by atoms with E-state index in [1.54, 1.807) is 0 Å². The topological polar surface area (TPSA) is 30.5 Å². The van der Waals surface area contributed by atoms with Gasteiger partial charge in [0.25, 0.3) is 0 Å². The van der Waals surface area contributed by atoms with E-state index in [1.807, 2.05) is 14.0 Å². The molecule has 0 bridgehead atoms. The third kappa shape index (κ3) is 4.94. The first kappa shape index (κ1) is 14.9. The van der Waals surface area contributed by atoms with Crippen LogP contribution in [0.1, 0.15) is 40.0 Å². The monoisotopic (exact) mass is 243 g/mol. The van der Waals surface area contributed by atoms with Crippen LogP contribution >= 0.6 is 0 Å². The minimum Gasteiger partial charge on any atom is -0.379 e. The minimum atomic E-state index is 0.363. The average Bonchev–Trinajstić information content (AvgIpc) is 2.34. The first-order valence-electron chi connectivity index (χ1n) is 7.05. The summed E-state index contributed by atoms with van der Waals surface area (Å²) < 4.78 is 11.3. The maximum atomic E-state index is 5.98. The second kappa shape index (κ2) is 8.06. The highest BCUT2D eigenvalue weighted by atomic mass is 16.5. The third-order valence-electron chi connectivity index (χ3n) is 3.91. The molecule has 3 unspecified atom stereocenters. The van der Waals surface area contributed by atoms with Gasteiger partial charge < -0.3 is 14.8 Å². The van der Waals surface area contributed by atoms with E-state index >= 15 is 0 Å². The Bertz CT molecular complexity index is 197. The Balaban J connectivity index is 2.34. The average molecular weight is 243 g/mol. The normalized spacial score (nSPS) is 29.8. The molecule has 1 saturated carbocycles. The van der Waals surface area contributed by atoms with Crippen LogP contribution in [0.25, 0.3) is 0 Å². The van der Waals surface area contributed by atoms with Crippen molar-refractivity contribution < 1.29 is 9.47 Å². The molecule has 1 aliphatic carbocycles. The molecule has 0 radical (unpaired) electrons. The molecule has 0 heterocycles. The fourth-order valence-corrected chi connectivity index (χ4v) is 2.68. The fourth-order valence-electron chi connectivity index (χ4n) is 2.68. The third-order valence-corrected chi connectivity index (χ3v) is 3.91. The lowest BCUT2D eigenvalue weighted by atomic mass is 9.78. The van der Waals surface area contributed by atoms with E-state index in [2.05, 4.69) is 19.2 Å². The van der Waals surface area contributed by atoms with Crippen LogP contribution in [-0.4, -0.2) is 39.0 Å². The number of ether oxygens (including phenoxy) is 2. The van der Waals surface area contributed by atoms with Gasteiger partial charge in [-0.3, -0.25) is 0 Å². The van der Waals surface area contributed by atoms with Crippen LogP contribution in [0.4, 0.5) is 0 Å². The molecule has 1 aliphatic rings. The summed E-state index contributed by atoms with van der Waals surface area (Å²) in [5.74, 6) is 1.59. The van der Waals surface area contributed by atoms with Crippen molar-refractivity contribution in [2.75, 3.05) is 26.9 Å². The second-order valence-electron chi connectivity index (χ2n) is 5.32. The first-order valence-corrected chi connectivity index (χ1v) is 7.05. The number of hydrogen-bond acceptors (Lipinski definition) is 3. The molecule has 17 heavy (non-hydrogen) atoms. The zero-order valence-corrected chi connectivity index (χ0v) is 11.9. The van der Waals surface area contributed by atoms with E-state index in [9.17, 15) is 0 Å². The molecular weight excluding hydrogens is 214 g/mol. The molecule has 0 aliphatic heterocycles. The summed E-state index contributed by atoms with van der Waals surface area (Å²) in [6.45, 7) is 8.88. The lowest BCUT2D eigenvalue weighted by Crippen LogP contribution is -2.45. The summed E-state index contributed by atoms with van der Waals surface area (Å²) in [5.41, 5.74) is 0. The molecule has 0 saturated heterocycles. The Morgan fingerprint density at radius 1 is 1.24 bits per heavy atom. The van der Waals surface area contributed by atoms with Gasteiger partial charge in [0.1, 0.15) is 0 Å². The van der Waals surface area contributed by atoms with Crippen molar-refractivity contribution in [2.24, 2.45) is 11.8 Å². The summed E-state index contributed by atoms with van der Waals surface area (Å²) in [4.78, 5) is 0. The van der Waals surface area contributed by atoms with E-state index in [-0.39, 0.29) is 0 Å². The standard InChI is InChI=1S/C14H29NO2/c1-5-16-8-9-17-14-10-12(11(2)3)6-7-13(14)15-4/h11-15H,5-10H2,1-4H3. The van der Waals surface area contributed by atoms with Crippen molar-refractivity contribution in [3.63, 3.8) is 0 Å². The molecule has 0 aromatic carbocycles. The van der Waals surface area contributed by atoms with Crippen molar-refractivity contribution in [3.05, 3.63) is 0 Å². The second-order valence-corrected chi connectivity index (χ2v) is 5.32. The Kier molecular flexibility index (Phi) is 7.09. The SMILES string of the molecule is CCOCCOC1CC(C(C)C)CCC1NC. The highest BCUT2D eigenvalue weighted by Crippen LogP contribution is 2.31. The van der Waals surface area contributed by atoms with Crippen LogP contribution < -0.4 is 5.32 Å². The zero-order valence-electron chi connectivity index (χ0n) is 11.9. The van der Waals surface area contributed by atoms with Gasteiger partial charge in [0.2, 0.25) is 0 Å². The lowest BCUT2D eigenvalue weighted by molar-refractivity contribution is -0.0379. The Hall–Kier alpha value is -0.120. The summed E-state index contributed by atoms with van der Waals surface area (Å²) in [7, 11) is 2.04. The quantitative estimate of drug-likeness (QED) is 0.697. The van der Waals surface area contributed by atoms with Crippen molar-refractivity contribution >= 4 is 0 Å². The van der Waals surface area contributed by atoms with Crippen molar-refractivity contribution in [2.45, 2.75) is 52.2 Å². The van der Waals surface area contributed by atoms with Gasteiger partial charge in [0.15, 0.2) is 0 Å². The molecule has 3 heteroatoms. The van der Waals surface area contributed by atoms with Crippen molar-refractivity contribution in [3.8, 4) is 0 Å².